The van der Waals surface area contributed by atoms with E-state index in [0.717, 1.165) is 18.4 Å². The summed E-state index contributed by atoms with van der Waals surface area (Å²) in [7, 11) is 0. The number of hydrogen-bond donors (Lipinski definition) is 2. The molecule has 1 amide bonds. The monoisotopic (exact) mass is 345 g/mol. The maximum atomic E-state index is 12.7. The second-order valence-corrected chi connectivity index (χ2v) is 8.19. The maximum Gasteiger partial charge on any atom is 0.238 e. The summed E-state index contributed by atoms with van der Waals surface area (Å²) in [5.74, 6) is 6.86. The fraction of sp³-hybridized carbons (Fsp3) is 0.471. The van der Waals surface area contributed by atoms with Crippen LogP contribution in [0.15, 0.2) is 35.5 Å². The number of thioether (sulfide) groups is 1. The van der Waals surface area contributed by atoms with Gasteiger partial charge in [0.1, 0.15) is 5.25 Å². The van der Waals surface area contributed by atoms with Crippen molar-refractivity contribution in [2.75, 3.05) is 5.84 Å². The maximum absolute atomic E-state index is 12.7. The molecule has 6 nitrogen and oxygen atoms in total. The van der Waals surface area contributed by atoms with Crippen LogP contribution in [0.2, 0.25) is 0 Å². The van der Waals surface area contributed by atoms with Crippen molar-refractivity contribution < 1.29 is 4.79 Å². The third-order valence-corrected chi connectivity index (χ3v) is 5.03. The number of nitrogen functional groups attached to an aromatic ring is 1. The van der Waals surface area contributed by atoms with Gasteiger partial charge in [0, 0.05) is 11.5 Å². The molecule has 2 aromatic rings. The lowest BCUT2D eigenvalue weighted by Crippen LogP contribution is -2.30. The SMILES string of the molecule is CC(C)(C)c1nnc(SC(C(=O)NC2CC2)c2ccccc2)n1N. The van der Waals surface area contributed by atoms with Crippen LogP contribution in [0.25, 0.3) is 0 Å². The Balaban J connectivity index is 1.86. The largest absolute Gasteiger partial charge is 0.352 e. The molecule has 3 rings (SSSR count). The Morgan fingerprint density at radius 1 is 1.29 bits per heavy atom. The number of amides is 1. The van der Waals surface area contributed by atoms with Gasteiger partial charge in [-0.3, -0.25) is 4.79 Å². The smallest absolute Gasteiger partial charge is 0.238 e. The molecule has 0 spiro atoms. The number of hydrogen-bond acceptors (Lipinski definition) is 5. The Kier molecular flexibility index (Phi) is 4.54. The molecule has 1 unspecified atom stereocenters. The van der Waals surface area contributed by atoms with E-state index in [9.17, 15) is 4.79 Å². The van der Waals surface area contributed by atoms with Gasteiger partial charge in [0.15, 0.2) is 5.82 Å². The first-order chi connectivity index (χ1) is 11.4. The molecule has 128 valence electrons. The molecular weight excluding hydrogens is 322 g/mol. The van der Waals surface area contributed by atoms with Crippen molar-refractivity contribution in [3.05, 3.63) is 41.7 Å². The van der Waals surface area contributed by atoms with Crippen LogP contribution < -0.4 is 11.2 Å². The molecule has 3 N–H and O–H groups in total. The van der Waals surface area contributed by atoms with Gasteiger partial charge in [0.05, 0.1) is 0 Å². The highest BCUT2D eigenvalue weighted by Gasteiger charge is 2.31. The molecule has 0 aliphatic heterocycles. The van der Waals surface area contributed by atoms with E-state index in [2.05, 4.69) is 15.5 Å². The molecule has 1 heterocycles. The van der Waals surface area contributed by atoms with E-state index < -0.39 is 5.25 Å². The fourth-order valence-electron chi connectivity index (χ4n) is 2.38. The standard InChI is InChI=1S/C17H23N5OS/c1-17(2,3)15-20-21-16(22(15)18)24-13(11-7-5-4-6-8-11)14(23)19-12-9-10-12/h4-8,12-13H,9-10,18H2,1-3H3,(H,19,23). The van der Waals surface area contributed by atoms with Crippen molar-refractivity contribution in [2.24, 2.45) is 0 Å². The molecule has 1 aliphatic carbocycles. The highest BCUT2D eigenvalue weighted by atomic mass is 32.2. The zero-order valence-corrected chi connectivity index (χ0v) is 15.0. The summed E-state index contributed by atoms with van der Waals surface area (Å²) in [6, 6.07) is 10.0. The predicted molar refractivity (Wildman–Crippen MR) is 95.1 cm³/mol. The number of benzene rings is 1. The summed E-state index contributed by atoms with van der Waals surface area (Å²) >= 11 is 1.34. The molecule has 1 saturated carbocycles. The predicted octanol–water partition coefficient (Wildman–Crippen LogP) is 2.40. The van der Waals surface area contributed by atoms with Gasteiger partial charge in [-0.05, 0) is 18.4 Å². The first-order valence-corrected chi connectivity index (χ1v) is 8.97. The van der Waals surface area contributed by atoms with Crippen LogP contribution >= 0.6 is 11.8 Å². The minimum atomic E-state index is -0.397. The first-order valence-electron chi connectivity index (χ1n) is 8.09. The Bertz CT molecular complexity index is 718. The van der Waals surface area contributed by atoms with E-state index in [1.807, 2.05) is 51.1 Å². The van der Waals surface area contributed by atoms with Gasteiger partial charge in [-0.25, -0.2) is 4.68 Å². The van der Waals surface area contributed by atoms with Gasteiger partial charge in [-0.1, -0.05) is 62.9 Å². The molecule has 1 atom stereocenters. The van der Waals surface area contributed by atoms with Gasteiger partial charge in [-0.15, -0.1) is 10.2 Å². The summed E-state index contributed by atoms with van der Waals surface area (Å²) in [5.41, 5.74) is 0.722. The van der Waals surface area contributed by atoms with Crippen LogP contribution in [0, 0.1) is 0 Å². The highest BCUT2D eigenvalue weighted by Crippen LogP contribution is 2.36. The molecule has 24 heavy (non-hydrogen) atoms. The van der Waals surface area contributed by atoms with Crippen molar-refractivity contribution in [1.29, 1.82) is 0 Å². The Morgan fingerprint density at radius 3 is 2.50 bits per heavy atom. The van der Waals surface area contributed by atoms with Crippen LogP contribution in [0.1, 0.15) is 50.3 Å². The average Bonchev–Trinajstić information content (AvgIpc) is 3.26. The van der Waals surface area contributed by atoms with E-state index in [4.69, 9.17) is 5.84 Å². The van der Waals surface area contributed by atoms with Crippen LogP contribution in [0.4, 0.5) is 0 Å². The van der Waals surface area contributed by atoms with Gasteiger partial charge < -0.3 is 11.2 Å². The second-order valence-electron chi connectivity index (χ2n) is 7.12. The number of carbonyl (C=O) groups excluding carboxylic acids is 1. The minimum Gasteiger partial charge on any atom is -0.352 e. The van der Waals surface area contributed by atoms with Gasteiger partial charge >= 0.3 is 0 Å². The number of nitrogens with one attached hydrogen (secondary N) is 1. The summed E-state index contributed by atoms with van der Waals surface area (Å²) in [4.78, 5) is 12.7. The van der Waals surface area contributed by atoms with Crippen molar-refractivity contribution in [2.45, 2.75) is 55.5 Å². The zero-order chi connectivity index (χ0) is 17.3. The number of carbonyl (C=O) groups is 1. The lowest BCUT2D eigenvalue weighted by molar-refractivity contribution is -0.120. The van der Waals surface area contributed by atoms with E-state index in [1.54, 1.807) is 0 Å². The highest BCUT2D eigenvalue weighted by molar-refractivity contribution is 8.00. The Labute approximate surface area is 146 Å². The topological polar surface area (TPSA) is 85.8 Å². The second kappa shape index (κ2) is 6.47. The van der Waals surface area contributed by atoms with Gasteiger partial charge in [0.25, 0.3) is 0 Å². The molecule has 1 fully saturated rings. The molecule has 0 saturated heterocycles. The molecule has 0 radical (unpaired) electrons. The van der Waals surface area contributed by atoms with Gasteiger partial charge in [-0.2, -0.15) is 0 Å². The van der Waals surface area contributed by atoms with Crippen LogP contribution in [-0.2, 0) is 10.2 Å². The lowest BCUT2D eigenvalue weighted by atomic mass is 9.96. The summed E-state index contributed by atoms with van der Waals surface area (Å²) in [6.07, 6.45) is 2.11. The lowest BCUT2D eigenvalue weighted by Gasteiger charge is -2.18. The number of rotatable bonds is 5. The minimum absolute atomic E-state index is 0.00555. The Hall–Kier alpha value is -2.02. The molecular formula is C17H23N5OS. The van der Waals surface area contributed by atoms with Crippen LogP contribution in [0.5, 0.6) is 0 Å². The van der Waals surface area contributed by atoms with Crippen molar-refractivity contribution in [3.63, 3.8) is 0 Å². The zero-order valence-electron chi connectivity index (χ0n) is 14.2. The van der Waals surface area contributed by atoms with E-state index in [0.29, 0.717) is 17.0 Å². The third kappa shape index (κ3) is 3.72. The van der Waals surface area contributed by atoms with Gasteiger partial charge in [0.2, 0.25) is 11.1 Å². The number of nitrogens with zero attached hydrogens (tertiary/aromatic N) is 3. The quantitative estimate of drug-likeness (QED) is 0.642. The number of aromatic nitrogens is 3. The van der Waals surface area contributed by atoms with Crippen molar-refractivity contribution >= 4 is 17.7 Å². The van der Waals surface area contributed by atoms with E-state index in [1.165, 1.54) is 16.4 Å². The molecule has 1 aliphatic rings. The number of nitrogens with two attached hydrogens (primary N) is 1. The molecule has 0 bridgehead atoms. The first kappa shape index (κ1) is 16.8. The summed E-state index contributed by atoms with van der Waals surface area (Å²) in [5, 5.41) is 11.6. The third-order valence-electron chi connectivity index (χ3n) is 3.82. The Morgan fingerprint density at radius 2 is 1.96 bits per heavy atom. The van der Waals surface area contributed by atoms with Crippen molar-refractivity contribution in [1.82, 2.24) is 20.2 Å². The normalized spacial score (nSPS) is 16.0. The molecule has 7 heteroatoms. The van der Waals surface area contributed by atoms with Crippen molar-refractivity contribution in [3.8, 4) is 0 Å². The molecule has 1 aromatic carbocycles. The van der Waals surface area contributed by atoms with E-state index >= 15 is 0 Å². The van der Waals surface area contributed by atoms with E-state index in [-0.39, 0.29) is 11.3 Å². The van der Waals surface area contributed by atoms with Crippen LogP contribution in [0.3, 0.4) is 0 Å². The fourth-order valence-corrected chi connectivity index (χ4v) is 3.35. The average molecular weight is 345 g/mol. The van der Waals surface area contributed by atoms with Crippen LogP contribution in [-0.4, -0.2) is 26.8 Å². The summed E-state index contributed by atoms with van der Waals surface area (Å²) < 4.78 is 1.49. The summed E-state index contributed by atoms with van der Waals surface area (Å²) in [6.45, 7) is 6.09. The molecule has 1 aromatic heterocycles.